The molecular formula is C22H37IN4O3. The van der Waals surface area contributed by atoms with Crippen molar-refractivity contribution in [2.75, 3.05) is 26.2 Å². The van der Waals surface area contributed by atoms with Gasteiger partial charge >= 0.3 is 0 Å². The first kappa shape index (κ1) is 26.5. The molecule has 8 heteroatoms. The van der Waals surface area contributed by atoms with Gasteiger partial charge in [-0.25, -0.2) is 0 Å². The Kier molecular flexibility index (Phi) is 12.8. The number of carbonyl (C=O) groups excluding carboxylic acids is 1. The minimum atomic E-state index is -0.680. The van der Waals surface area contributed by atoms with Gasteiger partial charge in [-0.3, -0.25) is 9.79 Å². The van der Waals surface area contributed by atoms with Gasteiger partial charge in [0.25, 0.3) is 0 Å². The van der Waals surface area contributed by atoms with E-state index in [9.17, 15) is 9.90 Å². The summed E-state index contributed by atoms with van der Waals surface area (Å²) >= 11 is 0. The van der Waals surface area contributed by atoms with Crippen molar-refractivity contribution in [2.24, 2.45) is 10.9 Å². The topological polar surface area (TPSA) is 95.0 Å². The number of nitrogens with zero attached hydrogens (tertiary/aromatic N) is 1. The number of halogens is 1. The number of carbonyl (C=O) groups is 1. The number of benzene rings is 1. The van der Waals surface area contributed by atoms with Gasteiger partial charge in [0.2, 0.25) is 5.91 Å². The maximum atomic E-state index is 11.8. The average molecular weight is 532 g/mol. The van der Waals surface area contributed by atoms with E-state index in [1.54, 1.807) is 0 Å². The van der Waals surface area contributed by atoms with Crippen molar-refractivity contribution < 1.29 is 14.6 Å². The Morgan fingerprint density at radius 3 is 2.40 bits per heavy atom. The van der Waals surface area contributed by atoms with Crippen LogP contribution < -0.4 is 20.7 Å². The number of amides is 1. The largest absolute Gasteiger partial charge is 0.491 e. The predicted molar refractivity (Wildman–Crippen MR) is 132 cm³/mol. The van der Waals surface area contributed by atoms with Crippen molar-refractivity contribution in [1.29, 1.82) is 0 Å². The van der Waals surface area contributed by atoms with Crippen molar-refractivity contribution in [3.05, 3.63) is 29.8 Å². The first-order valence-electron chi connectivity index (χ1n) is 10.7. The molecule has 0 bridgehead atoms. The highest BCUT2D eigenvalue weighted by molar-refractivity contribution is 14.0. The number of aliphatic hydroxyl groups is 1. The zero-order valence-electron chi connectivity index (χ0n) is 18.3. The maximum Gasteiger partial charge on any atom is 0.223 e. The number of hydrogen-bond donors (Lipinski definition) is 4. The summed E-state index contributed by atoms with van der Waals surface area (Å²) < 4.78 is 5.63. The molecule has 1 aromatic rings. The van der Waals surface area contributed by atoms with E-state index in [4.69, 9.17) is 4.74 Å². The van der Waals surface area contributed by atoms with Crippen LogP contribution in [0.2, 0.25) is 0 Å². The van der Waals surface area contributed by atoms with Crippen molar-refractivity contribution in [1.82, 2.24) is 16.0 Å². The van der Waals surface area contributed by atoms with E-state index in [1.807, 2.05) is 45.0 Å². The number of nitrogens with one attached hydrogen (secondary N) is 3. The zero-order valence-corrected chi connectivity index (χ0v) is 20.6. The summed E-state index contributed by atoms with van der Waals surface area (Å²) in [5.41, 5.74) is 0.805. The van der Waals surface area contributed by atoms with E-state index < -0.39 is 6.10 Å². The molecule has 0 aromatic heterocycles. The molecule has 0 aliphatic heterocycles. The first-order chi connectivity index (χ1) is 14.0. The molecule has 4 N–H and O–H groups in total. The second-order valence-electron chi connectivity index (χ2n) is 7.67. The lowest BCUT2D eigenvalue weighted by atomic mass is 9.85. The summed E-state index contributed by atoms with van der Waals surface area (Å²) in [6, 6.07) is 7.46. The fraction of sp³-hybridized carbons (Fsp3) is 0.636. The lowest BCUT2D eigenvalue weighted by Gasteiger charge is -2.24. The zero-order chi connectivity index (χ0) is 21.1. The van der Waals surface area contributed by atoms with Crippen molar-refractivity contribution in [2.45, 2.75) is 58.7 Å². The van der Waals surface area contributed by atoms with Crippen LogP contribution >= 0.6 is 24.0 Å². The molecule has 1 aliphatic rings. The Balaban J connectivity index is 0.00000450. The van der Waals surface area contributed by atoms with Crippen LogP contribution in [-0.2, 0) is 4.79 Å². The molecule has 1 atom stereocenters. The van der Waals surface area contributed by atoms with Gasteiger partial charge in [0.1, 0.15) is 5.75 Å². The average Bonchev–Trinajstić information content (AvgIpc) is 2.64. The Morgan fingerprint density at radius 1 is 1.17 bits per heavy atom. The smallest absolute Gasteiger partial charge is 0.223 e. The second kappa shape index (κ2) is 14.5. The molecule has 1 unspecified atom stereocenters. The number of ether oxygens (including phenoxy) is 1. The standard InChI is InChI=1S/C22H36N4O3.HI/c1-4-23-22(25-14-6-13-24-21(28)18-7-5-8-18)26-15-20(27)17-9-11-19(12-10-17)29-16(2)3;/h9-12,16,18,20,27H,4-8,13-15H2,1-3H3,(H,24,28)(H2,23,25,26);1H. The monoisotopic (exact) mass is 532 g/mol. The van der Waals surface area contributed by atoms with Crippen LogP contribution in [-0.4, -0.2) is 49.3 Å². The summed E-state index contributed by atoms with van der Waals surface area (Å²) in [4.78, 5) is 16.3. The van der Waals surface area contributed by atoms with Gasteiger partial charge < -0.3 is 25.8 Å². The Labute approximate surface area is 197 Å². The van der Waals surface area contributed by atoms with E-state index in [1.165, 1.54) is 6.42 Å². The van der Waals surface area contributed by atoms with E-state index in [2.05, 4.69) is 20.9 Å². The quantitative estimate of drug-likeness (QED) is 0.152. The Hall–Kier alpha value is -1.55. The third kappa shape index (κ3) is 9.51. The molecule has 1 aliphatic carbocycles. The molecule has 1 fully saturated rings. The molecule has 0 saturated heterocycles. The molecule has 0 spiro atoms. The lowest BCUT2D eigenvalue weighted by Crippen LogP contribution is -2.40. The number of rotatable bonds is 11. The molecular weight excluding hydrogens is 495 g/mol. The maximum absolute atomic E-state index is 11.8. The predicted octanol–water partition coefficient (Wildman–Crippen LogP) is 2.99. The van der Waals surface area contributed by atoms with Gasteiger partial charge in [-0.2, -0.15) is 0 Å². The molecule has 170 valence electrons. The van der Waals surface area contributed by atoms with Crippen LogP contribution in [0.5, 0.6) is 5.75 Å². The summed E-state index contributed by atoms with van der Waals surface area (Å²) in [6.07, 6.45) is 3.48. The molecule has 0 radical (unpaired) electrons. The number of aliphatic imine (C=N–C) groups is 1. The fourth-order valence-electron chi connectivity index (χ4n) is 2.99. The summed E-state index contributed by atoms with van der Waals surface area (Å²) in [7, 11) is 0. The third-order valence-corrected chi connectivity index (χ3v) is 4.82. The van der Waals surface area contributed by atoms with Gasteiger partial charge in [0.15, 0.2) is 5.96 Å². The molecule has 1 saturated carbocycles. The fourth-order valence-corrected chi connectivity index (χ4v) is 2.99. The van der Waals surface area contributed by atoms with E-state index >= 15 is 0 Å². The minimum absolute atomic E-state index is 0. The second-order valence-corrected chi connectivity index (χ2v) is 7.67. The van der Waals surface area contributed by atoms with Gasteiger partial charge in [-0.15, -0.1) is 24.0 Å². The van der Waals surface area contributed by atoms with E-state index in [0.717, 1.165) is 37.1 Å². The van der Waals surface area contributed by atoms with Crippen LogP contribution in [0.1, 0.15) is 58.1 Å². The number of hydrogen-bond acceptors (Lipinski definition) is 4. The van der Waals surface area contributed by atoms with E-state index in [-0.39, 0.29) is 48.5 Å². The molecule has 30 heavy (non-hydrogen) atoms. The lowest BCUT2D eigenvalue weighted by molar-refractivity contribution is -0.127. The first-order valence-corrected chi connectivity index (χ1v) is 10.7. The highest BCUT2D eigenvalue weighted by Gasteiger charge is 2.24. The van der Waals surface area contributed by atoms with Gasteiger partial charge in [0.05, 0.1) is 18.8 Å². The van der Waals surface area contributed by atoms with Crippen LogP contribution in [0, 0.1) is 5.92 Å². The minimum Gasteiger partial charge on any atom is -0.491 e. The van der Waals surface area contributed by atoms with Crippen LogP contribution in [0.3, 0.4) is 0 Å². The van der Waals surface area contributed by atoms with Gasteiger partial charge in [-0.1, -0.05) is 18.6 Å². The third-order valence-electron chi connectivity index (χ3n) is 4.82. The van der Waals surface area contributed by atoms with Crippen molar-refractivity contribution >= 4 is 35.8 Å². The Bertz CT molecular complexity index is 648. The highest BCUT2D eigenvalue weighted by Crippen LogP contribution is 2.26. The summed E-state index contributed by atoms with van der Waals surface area (Å²) in [6.45, 7) is 8.33. The number of guanidine groups is 1. The van der Waals surface area contributed by atoms with Crippen molar-refractivity contribution in [3.8, 4) is 5.75 Å². The van der Waals surface area contributed by atoms with Crippen molar-refractivity contribution in [3.63, 3.8) is 0 Å². The molecule has 1 amide bonds. The Morgan fingerprint density at radius 2 is 1.83 bits per heavy atom. The molecule has 2 rings (SSSR count). The molecule has 1 aromatic carbocycles. The van der Waals surface area contributed by atoms with Gasteiger partial charge in [-0.05, 0) is 57.7 Å². The number of aliphatic hydroxyl groups excluding tert-OH is 1. The SMILES string of the molecule is CCNC(=NCC(O)c1ccc(OC(C)C)cc1)NCCCNC(=O)C1CCC1.I. The summed E-state index contributed by atoms with van der Waals surface area (Å²) in [5.74, 6) is 1.87. The van der Waals surface area contributed by atoms with E-state index in [0.29, 0.717) is 19.0 Å². The van der Waals surface area contributed by atoms with Crippen LogP contribution in [0.15, 0.2) is 29.3 Å². The van der Waals surface area contributed by atoms with Crippen LogP contribution in [0.25, 0.3) is 0 Å². The van der Waals surface area contributed by atoms with Crippen LogP contribution in [0.4, 0.5) is 0 Å². The molecule has 0 heterocycles. The van der Waals surface area contributed by atoms with Gasteiger partial charge in [0, 0.05) is 25.6 Å². The normalized spacial score (nSPS) is 15.0. The highest BCUT2D eigenvalue weighted by atomic mass is 127. The molecule has 7 nitrogen and oxygen atoms in total. The summed E-state index contributed by atoms with van der Waals surface area (Å²) in [5, 5.41) is 19.8.